The number of amides is 4. The molecule has 0 aliphatic heterocycles. The van der Waals surface area contributed by atoms with Crippen molar-refractivity contribution in [1.29, 1.82) is 0 Å². The maximum atomic E-state index is 13.3. The van der Waals surface area contributed by atoms with Crippen LogP contribution < -0.4 is 33.2 Å². The van der Waals surface area contributed by atoms with Crippen LogP contribution in [0.1, 0.15) is 37.7 Å². The fourth-order valence-electron chi connectivity index (χ4n) is 3.93. The van der Waals surface area contributed by atoms with E-state index in [0.717, 1.165) is 10.9 Å². The van der Waals surface area contributed by atoms with Crippen molar-refractivity contribution in [3.05, 3.63) is 36.0 Å². The summed E-state index contributed by atoms with van der Waals surface area (Å²) in [5, 5.41) is 26.8. The third kappa shape index (κ3) is 9.67. The molecule has 4 amide bonds. The van der Waals surface area contributed by atoms with E-state index in [2.05, 4.69) is 20.9 Å². The quantitative estimate of drug-likeness (QED) is 0.0987. The molecule has 1 aromatic carbocycles. The minimum Gasteiger partial charge on any atom is -0.480 e. The predicted molar refractivity (Wildman–Crippen MR) is 142 cm³/mol. The Hall–Kier alpha value is -4.01. The first kappa shape index (κ1) is 31.2. The summed E-state index contributed by atoms with van der Waals surface area (Å²) in [6.07, 6.45) is 2.78. The molecule has 2 aromatic rings. The molecule has 4 unspecified atom stereocenters. The van der Waals surface area contributed by atoms with Gasteiger partial charge in [0.15, 0.2) is 0 Å². The van der Waals surface area contributed by atoms with Crippen LogP contribution in [-0.4, -0.2) is 82.1 Å². The second-order valence-electron chi connectivity index (χ2n) is 9.16. The number of benzene rings is 1. The number of unbranched alkanes of at least 4 members (excludes halogenated alkanes) is 1. The summed E-state index contributed by atoms with van der Waals surface area (Å²) in [6.45, 7) is -0.487. The molecule has 0 fully saturated rings. The van der Waals surface area contributed by atoms with E-state index in [1.807, 2.05) is 24.3 Å². The fourth-order valence-corrected chi connectivity index (χ4v) is 3.93. The summed E-state index contributed by atoms with van der Waals surface area (Å²) in [7, 11) is 0. The SMILES string of the molecule is NCCCCC(NC(=O)C(N)CCC(N)=O)C(=O)NC(Cc1c[nH]c2ccccc12)C(=O)NC(CO)C(=O)O. The number of carboxylic acids is 1. The maximum Gasteiger partial charge on any atom is 0.328 e. The number of aromatic amines is 1. The van der Waals surface area contributed by atoms with Crippen LogP contribution in [0.2, 0.25) is 0 Å². The Morgan fingerprint density at radius 1 is 0.897 bits per heavy atom. The first-order valence-electron chi connectivity index (χ1n) is 12.6. The van der Waals surface area contributed by atoms with Crippen LogP contribution >= 0.6 is 0 Å². The standard InChI is InChI=1S/C25H37N7O7/c26-10-4-3-7-18(30-22(35)16(27)8-9-21(28)34)23(36)31-19(24(37)32-20(13-33)25(38)39)11-14-12-29-17-6-2-1-5-15(14)17/h1-2,5-6,12,16,18-20,29,33H,3-4,7-11,13,26-27H2,(H2,28,34)(H,30,35)(H,31,36)(H,32,37)(H,38,39). The number of rotatable bonds is 17. The number of fused-ring (bicyclic) bond motifs is 1. The summed E-state index contributed by atoms with van der Waals surface area (Å²) < 4.78 is 0. The zero-order valence-corrected chi connectivity index (χ0v) is 21.5. The molecular weight excluding hydrogens is 510 g/mol. The van der Waals surface area contributed by atoms with Crippen LogP contribution in [0.4, 0.5) is 0 Å². The monoisotopic (exact) mass is 547 g/mol. The van der Waals surface area contributed by atoms with E-state index in [0.29, 0.717) is 24.9 Å². The lowest BCUT2D eigenvalue weighted by Gasteiger charge is -2.25. The van der Waals surface area contributed by atoms with Gasteiger partial charge < -0.3 is 48.3 Å². The average molecular weight is 548 g/mol. The number of aliphatic carboxylic acids is 1. The lowest BCUT2D eigenvalue weighted by molar-refractivity contribution is -0.143. The van der Waals surface area contributed by atoms with Crippen molar-refractivity contribution >= 4 is 40.5 Å². The van der Waals surface area contributed by atoms with Crippen LogP contribution in [0.15, 0.2) is 30.5 Å². The number of aromatic nitrogens is 1. The minimum atomic E-state index is -1.58. The third-order valence-corrected chi connectivity index (χ3v) is 6.15. The predicted octanol–water partition coefficient (Wildman–Crippen LogP) is -2.04. The molecule has 14 heteroatoms. The van der Waals surface area contributed by atoms with E-state index >= 15 is 0 Å². The minimum absolute atomic E-state index is 0.0123. The number of carbonyl (C=O) groups is 5. The number of nitrogens with one attached hydrogen (secondary N) is 4. The number of H-pyrrole nitrogens is 1. The van der Waals surface area contributed by atoms with Crippen LogP contribution in [0.5, 0.6) is 0 Å². The molecule has 2 rings (SSSR count). The molecule has 0 spiro atoms. The van der Waals surface area contributed by atoms with Crippen molar-refractivity contribution in [2.45, 2.75) is 62.7 Å². The number of carbonyl (C=O) groups excluding carboxylic acids is 4. The smallest absolute Gasteiger partial charge is 0.328 e. The van der Waals surface area contributed by atoms with E-state index in [1.165, 1.54) is 0 Å². The van der Waals surface area contributed by atoms with E-state index in [1.54, 1.807) is 6.20 Å². The van der Waals surface area contributed by atoms with Crippen LogP contribution in [0, 0.1) is 0 Å². The summed E-state index contributed by atoms with van der Waals surface area (Å²) in [4.78, 5) is 64.5. The molecule has 39 heavy (non-hydrogen) atoms. The van der Waals surface area contributed by atoms with E-state index in [9.17, 15) is 34.2 Å². The Labute approximate surface area is 225 Å². The van der Waals surface area contributed by atoms with Crippen LogP contribution in [-0.2, 0) is 30.4 Å². The van der Waals surface area contributed by atoms with Crippen molar-refractivity contribution < 1.29 is 34.2 Å². The molecule has 12 N–H and O–H groups in total. The Balaban J connectivity index is 2.26. The normalized spacial score (nSPS) is 14.1. The van der Waals surface area contributed by atoms with Gasteiger partial charge in [-0.05, 0) is 43.9 Å². The molecule has 0 saturated carbocycles. The van der Waals surface area contributed by atoms with E-state index in [-0.39, 0.29) is 25.7 Å². The molecule has 0 aliphatic rings. The Morgan fingerprint density at radius 2 is 1.54 bits per heavy atom. The number of hydrogen-bond donors (Lipinski definition) is 9. The highest BCUT2D eigenvalue weighted by Crippen LogP contribution is 2.19. The highest BCUT2D eigenvalue weighted by Gasteiger charge is 2.30. The number of hydrogen-bond acceptors (Lipinski definition) is 8. The van der Waals surface area contributed by atoms with Gasteiger partial charge in [-0.3, -0.25) is 19.2 Å². The largest absolute Gasteiger partial charge is 0.480 e. The Bertz CT molecular complexity index is 1150. The van der Waals surface area contributed by atoms with Crippen molar-refractivity contribution in [1.82, 2.24) is 20.9 Å². The third-order valence-electron chi connectivity index (χ3n) is 6.15. The van der Waals surface area contributed by atoms with Gasteiger partial charge in [-0.1, -0.05) is 18.2 Å². The van der Waals surface area contributed by atoms with Gasteiger partial charge in [-0.2, -0.15) is 0 Å². The number of primary amides is 1. The molecule has 1 aromatic heterocycles. The van der Waals surface area contributed by atoms with Gasteiger partial charge in [0.05, 0.1) is 12.6 Å². The van der Waals surface area contributed by atoms with Crippen LogP contribution in [0.3, 0.4) is 0 Å². The van der Waals surface area contributed by atoms with Gasteiger partial charge in [-0.25, -0.2) is 4.79 Å². The fraction of sp³-hybridized carbons (Fsp3) is 0.480. The van der Waals surface area contributed by atoms with Crippen molar-refractivity contribution in [2.75, 3.05) is 13.2 Å². The summed E-state index contributed by atoms with van der Waals surface area (Å²) in [5.74, 6) is -4.27. The second-order valence-corrected chi connectivity index (χ2v) is 9.16. The molecule has 14 nitrogen and oxygen atoms in total. The van der Waals surface area contributed by atoms with E-state index in [4.69, 9.17) is 17.2 Å². The lowest BCUT2D eigenvalue weighted by atomic mass is 10.0. The summed E-state index contributed by atoms with van der Waals surface area (Å²) in [5.41, 5.74) is 18.0. The van der Waals surface area contributed by atoms with Crippen molar-refractivity contribution in [2.24, 2.45) is 17.2 Å². The number of aliphatic hydroxyl groups excluding tert-OH is 1. The molecule has 0 saturated heterocycles. The molecule has 0 aliphatic carbocycles. The highest BCUT2D eigenvalue weighted by atomic mass is 16.4. The number of carboxylic acid groups (broad SMARTS) is 1. The molecule has 1 heterocycles. The van der Waals surface area contributed by atoms with Gasteiger partial charge in [0.25, 0.3) is 0 Å². The van der Waals surface area contributed by atoms with Gasteiger partial charge in [0.2, 0.25) is 23.6 Å². The summed E-state index contributed by atoms with van der Waals surface area (Å²) >= 11 is 0. The Morgan fingerprint density at radius 3 is 2.18 bits per heavy atom. The summed E-state index contributed by atoms with van der Waals surface area (Å²) in [6, 6.07) is 2.30. The average Bonchev–Trinajstić information content (AvgIpc) is 3.31. The van der Waals surface area contributed by atoms with Gasteiger partial charge >= 0.3 is 5.97 Å². The Kier molecular flexibility index (Phi) is 12.3. The first-order valence-corrected chi connectivity index (χ1v) is 12.6. The number of para-hydroxylation sites is 1. The number of nitrogens with two attached hydrogens (primary N) is 3. The first-order chi connectivity index (χ1) is 18.6. The zero-order chi connectivity index (χ0) is 28.9. The lowest BCUT2D eigenvalue weighted by Crippen LogP contribution is -2.58. The maximum absolute atomic E-state index is 13.3. The van der Waals surface area contributed by atoms with E-state index < -0.39 is 60.4 Å². The van der Waals surface area contributed by atoms with Gasteiger partial charge in [0, 0.05) is 29.9 Å². The van der Waals surface area contributed by atoms with Crippen molar-refractivity contribution in [3.63, 3.8) is 0 Å². The molecule has 4 atom stereocenters. The molecule has 0 bridgehead atoms. The number of aliphatic hydroxyl groups is 1. The zero-order valence-electron chi connectivity index (χ0n) is 21.5. The van der Waals surface area contributed by atoms with Gasteiger partial charge in [-0.15, -0.1) is 0 Å². The topological polar surface area (TPSA) is 256 Å². The molecular formula is C25H37N7O7. The highest BCUT2D eigenvalue weighted by molar-refractivity contribution is 5.95. The van der Waals surface area contributed by atoms with Gasteiger partial charge in [0.1, 0.15) is 18.1 Å². The second kappa shape index (κ2) is 15.4. The van der Waals surface area contributed by atoms with Crippen molar-refractivity contribution in [3.8, 4) is 0 Å². The molecule has 0 radical (unpaired) electrons. The van der Waals surface area contributed by atoms with Crippen LogP contribution in [0.25, 0.3) is 10.9 Å². The molecule has 214 valence electrons.